The van der Waals surface area contributed by atoms with Gasteiger partial charge in [0.2, 0.25) is 5.91 Å². The van der Waals surface area contributed by atoms with Gasteiger partial charge in [-0.3, -0.25) is 4.79 Å². The van der Waals surface area contributed by atoms with Gasteiger partial charge in [0, 0.05) is 24.2 Å². The molecule has 1 atom stereocenters. The number of amides is 1. The lowest BCUT2D eigenvalue weighted by molar-refractivity contribution is -0.128. The SMILES string of the molecule is O=C(C=Cc1ccco1)N(Cc1ccccc1F)C1CCS(=O)(=O)C1. The number of benzene rings is 1. The van der Waals surface area contributed by atoms with Gasteiger partial charge in [0.15, 0.2) is 9.84 Å². The third-order valence-electron chi connectivity index (χ3n) is 4.16. The molecule has 0 N–H and O–H groups in total. The largest absolute Gasteiger partial charge is 0.465 e. The third kappa shape index (κ3) is 4.36. The Balaban J connectivity index is 1.83. The average molecular weight is 363 g/mol. The van der Waals surface area contributed by atoms with Crippen LogP contribution in [0.5, 0.6) is 0 Å². The summed E-state index contributed by atoms with van der Waals surface area (Å²) in [7, 11) is -3.16. The summed E-state index contributed by atoms with van der Waals surface area (Å²) in [6.07, 6.45) is 4.69. The highest BCUT2D eigenvalue weighted by Gasteiger charge is 2.34. The topological polar surface area (TPSA) is 67.6 Å². The zero-order chi connectivity index (χ0) is 17.9. The van der Waals surface area contributed by atoms with E-state index >= 15 is 0 Å². The second-order valence-corrected chi connectivity index (χ2v) is 8.19. The van der Waals surface area contributed by atoms with Crippen molar-refractivity contribution in [2.75, 3.05) is 11.5 Å². The molecule has 2 heterocycles. The lowest BCUT2D eigenvalue weighted by Crippen LogP contribution is -2.39. The lowest BCUT2D eigenvalue weighted by Gasteiger charge is -2.27. The van der Waals surface area contributed by atoms with E-state index in [0.29, 0.717) is 17.7 Å². The summed E-state index contributed by atoms with van der Waals surface area (Å²) in [4.78, 5) is 14.1. The molecule has 132 valence electrons. The summed E-state index contributed by atoms with van der Waals surface area (Å²) in [5.41, 5.74) is 0.353. The molecule has 0 radical (unpaired) electrons. The van der Waals surface area contributed by atoms with E-state index in [2.05, 4.69) is 0 Å². The predicted octanol–water partition coefficient (Wildman–Crippen LogP) is 2.65. The van der Waals surface area contributed by atoms with Crippen LogP contribution in [0.15, 0.2) is 53.2 Å². The van der Waals surface area contributed by atoms with Gasteiger partial charge in [-0.05, 0) is 30.7 Å². The van der Waals surface area contributed by atoms with Gasteiger partial charge in [-0.2, -0.15) is 0 Å². The van der Waals surface area contributed by atoms with Crippen molar-refractivity contribution in [2.24, 2.45) is 0 Å². The maximum atomic E-state index is 14.0. The Morgan fingerprint density at radius 1 is 1.28 bits per heavy atom. The number of rotatable bonds is 5. The normalized spacial score (nSPS) is 19.3. The average Bonchev–Trinajstić information content (AvgIpc) is 3.21. The molecule has 0 saturated carbocycles. The number of hydrogen-bond donors (Lipinski definition) is 0. The van der Waals surface area contributed by atoms with Gasteiger partial charge in [-0.15, -0.1) is 0 Å². The van der Waals surface area contributed by atoms with E-state index in [0.717, 1.165) is 0 Å². The third-order valence-corrected chi connectivity index (χ3v) is 5.91. The molecule has 0 aliphatic carbocycles. The highest BCUT2D eigenvalue weighted by molar-refractivity contribution is 7.91. The van der Waals surface area contributed by atoms with Crippen molar-refractivity contribution >= 4 is 21.8 Å². The number of carbonyl (C=O) groups is 1. The summed E-state index contributed by atoms with van der Waals surface area (Å²) < 4.78 is 42.7. The molecule has 1 aliphatic heterocycles. The van der Waals surface area contributed by atoms with Crippen LogP contribution < -0.4 is 0 Å². The van der Waals surface area contributed by atoms with Crippen LogP contribution in [0.25, 0.3) is 6.08 Å². The van der Waals surface area contributed by atoms with Crippen molar-refractivity contribution in [3.63, 3.8) is 0 Å². The van der Waals surface area contributed by atoms with Crippen molar-refractivity contribution in [3.05, 3.63) is 65.9 Å². The van der Waals surface area contributed by atoms with E-state index in [1.165, 1.54) is 29.4 Å². The first-order valence-corrected chi connectivity index (χ1v) is 9.73. The number of sulfone groups is 1. The maximum absolute atomic E-state index is 14.0. The Hall–Kier alpha value is -2.41. The second-order valence-electron chi connectivity index (χ2n) is 5.96. The van der Waals surface area contributed by atoms with E-state index in [-0.39, 0.29) is 24.0 Å². The summed E-state index contributed by atoms with van der Waals surface area (Å²) in [6.45, 7) is 0.0220. The van der Waals surface area contributed by atoms with E-state index in [4.69, 9.17) is 4.42 Å². The highest BCUT2D eigenvalue weighted by Crippen LogP contribution is 2.22. The summed E-state index contributed by atoms with van der Waals surface area (Å²) in [5.74, 6) is -0.335. The van der Waals surface area contributed by atoms with Gasteiger partial charge in [0.05, 0.1) is 17.8 Å². The molecular weight excluding hydrogens is 345 g/mol. The number of furan rings is 1. The van der Waals surface area contributed by atoms with Crippen LogP contribution in [0, 0.1) is 5.82 Å². The van der Waals surface area contributed by atoms with Crippen molar-refractivity contribution < 1.29 is 22.0 Å². The zero-order valence-corrected chi connectivity index (χ0v) is 14.3. The van der Waals surface area contributed by atoms with Crippen LogP contribution in [0.1, 0.15) is 17.7 Å². The smallest absolute Gasteiger partial charge is 0.247 e. The minimum Gasteiger partial charge on any atom is -0.465 e. The first-order valence-electron chi connectivity index (χ1n) is 7.91. The molecule has 2 aromatic rings. The number of halogens is 1. The van der Waals surface area contributed by atoms with Crippen molar-refractivity contribution in [1.29, 1.82) is 0 Å². The molecule has 1 unspecified atom stereocenters. The first-order chi connectivity index (χ1) is 11.9. The van der Waals surface area contributed by atoms with Crippen LogP contribution in [-0.4, -0.2) is 36.8 Å². The fraction of sp³-hybridized carbons (Fsp3) is 0.278. The van der Waals surface area contributed by atoms with Gasteiger partial charge in [0.1, 0.15) is 11.6 Å². The molecule has 1 fully saturated rings. The molecule has 1 saturated heterocycles. The summed E-state index contributed by atoms with van der Waals surface area (Å²) >= 11 is 0. The van der Waals surface area contributed by atoms with Crippen LogP contribution >= 0.6 is 0 Å². The van der Waals surface area contributed by atoms with E-state index in [9.17, 15) is 17.6 Å². The fourth-order valence-corrected chi connectivity index (χ4v) is 4.58. The maximum Gasteiger partial charge on any atom is 0.247 e. The van der Waals surface area contributed by atoms with Crippen molar-refractivity contribution in [1.82, 2.24) is 4.90 Å². The molecule has 1 amide bonds. The Kier molecular flexibility index (Phi) is 5.03. The monoisotopic (exact) mass is 363 g/mol. The van der Waals surface area contributed by atoms with Crippen LogP contribution in [0.2, 0.25) is 0 Å². The van der Waals surface area contributed by atoms with Crippen molar-refractivity contribution in [2.45, 2.75) is 19.0 Å². The van der Waals surface area contributed by atoms with Crippen LogP contribution in [0.4, 0.5) is 4.39 Å². The molecule has 3 rings (SSSR count). The Morgan fingerprint density at radius 2 is 2.08 bits per heavy atom. The Morgan fingerprint density at radius 3 is 2.72 bits per heavy atom. The van der Waals surface area contributed by atoms with E-state index in [1.54, 1.807) is 30.3 Å². The molecule has 1 aliphatic rings. The zero-order valence-electron chi connectivity index (χ0n) is 13.5. The van der Waals surface area contributed by atoms with Crippen LogP contribution in [0.3, 0.4) is 0 Å². The molecule has 1 aromatic heterocycles. The Bertz CT molecular complexity index is 874. The second kappa shape index (κ2) is 7.23. The predicted molar refractivity (Wildman–Crippen MR) is 91.8 cm³/mol. The molecule has 7 heteroatoms. The first kappa shape index (κ1) is 17.4. The highest BCUT2D eigenvalue weighted by atomic mass is 32.2. The number of carbonyl (C=O) groups excluding carboxylic acids is 1. The summed E-state index contributed by atoms with van der Waals surface area (Å²) in [5, 5.41) is 0. The minimum absolute atomic E-state index is 0.0220. The summed E-state index contributed by atoms with van der Waals surface area (Å²) in [6, 6.07) is 9.11. The number of hydrogen-bond acceptors (Lipinski definition) is 4. The van der Waals surface area contributed by atoms with Gasteiger partial charge in [-0.25, -0.2) is 12.8 Å². The Labute approximate surface area is 145 Å². The van der Waals surface area contributed by atoms with E-state index < -0.39 is 21.7 Å². The van der Waals surface area contributed by atoms with Crippen molar-refractivity contribution in [3.8, 4) is 0 Å². The standard InChI is InChI=1S/C18H18FNO4S/c19-17-6-2-1-4-14(17)12-20(15-9-11-25(22,23)13-15)18(21)8-7-16-5-3-10-24-16/h1-8,10,15H,9,11-13H2. The molecule has 0 bridgehead atoms. The quantitative estimate of drug-likeness (QED) is 0.766. The van der Waals surface area contributed by atoms with Gasteiger partial charge < -0.3 is 9.32 Å². The van der Waals surface area contributed by atoms with Crippen LogP contribution in [-0.2, 0) is 21.2 Å². The fourth-order valence-electron chi connectivity index (χ4n) is 2.85. The van der Waals surface area contributed by atoms with Gasteiger partial charge in [-0.1, -0.05) is 18.2 Å². The van der Waals surface area contributed by atoms with E-state index in [1.807, 2.05) is 0 Å². The minimum atomic E-state index is -3.16. The lowest BCUT2D eigenvalue weighted by atomic mass is 10.1. The molecule has 25 heavy (non-hydrogen) atoms. The molecule has 0 spiro atoms. The molecular formula is C18H18FNO4S. The molecule has 1 aromatic carbocycles. The number of nitrogens with zero attached hydrogens (tertiary/aromatic N) is 1. The van der Waals surface area contributed by atoms with Gasteiger partial charge >= 0.3 is 0 Å². The van der Waals surface area contributed by atoms with Gasteiger partial charge in [0.25, 0.3) is 0 Å². The molecule has 5 nitrogen and oxygen atoms in total.